The molecule has 0 aliphatic heterocycles. The topological polar surface area (TPSA) is 107 Å². The average molecular weight is 219 g/mol. The van der Waals surface area contributed by atoms with Gasteiger partial charge in [0.15, 0.2) is 0 Å². The SMILES string of the molecule is CC(CC(=O)NC(C)(CO)CO)C(=O)O. The molecule has 0 saturated carbocycles. The summed E-state index contributed by atoms with van der Waals surface area (Å²) < 4.78 is 0. The van der Waals surface area contributed by atoms with Crippen molar-refractivity contribution >= 4 is 11.9 Å². The standard InChI is InChI=1S/C9H17NO5/c1-6(8(14)15)3-7(13)10-9(2,4-11)5-12/h6,11-12H,3-5H2,1-2H3,(H,10,13)(H,14,15). The van der Waals surface area contributed by atoms with Gasteiger partial charge in [-0.15, -0.1) is 0 Å². The van der Waals surface area contributed by atoms with Gasteiger partial charge in [0.25, 0.3) is 0 Å². The van der Waals surface area contributed by atoms with Crippen LogP contribution in [0, 0.1) is 5.92 Å². The van der Waals surface area contributed by atoms with Crippen molar-refractivity contribution in [1.82, 2.24) is 5.32 Å². The quantitative estimate of drug-likeness (QED) is 0.456. The normalized spacial score (nSPS) is 13.3. The molecule has 6 heteroatoms. The van der Waals surface area contributed by atoms with Gasteiger partial charge in [-0.25, -0.2) is 0 Å². The van der Waals surface area contributed by atoms with Crippen molar-refractivity contribution in [2.75, 3.05) is 13.2 Å². The number of aliphatic hydroxyl groups excluding tert-OH is 2. The summed E-state index contributed by atoms with van der Waals surface area (Å²) in [7, 11) is 0. The van der Waals surface area contributed by atoms with Gasteiger partial charge in [-0.1, -0.05) is 6.92 Å². The van der Waals surface area contributed by atoms with E-state index >= 15 is 0 Å². The number of aliphatic carboxylic acids is 1. The molecule has 1 atom stereocenters. The fraction of sp³-hybridized carbons (Fsp3) is 0.778. The highest BCUT2D eigenvalue weighted by Gasteiger charge is 2.26. The lowest BCUT2D eigenvalue weighted by molar-refractivity contribution is -0.143. The summed E-state index contributed by atoms with van der Waals surface area (Å²) in [5.74, 6) is -2.35. The van der Waals surface area contributed by atoms with Gasteiger partial charge in [0, 0.05) is 6.42 Å². The third kappa shape index (κ3) is 4.75. The maximum atomic E-state index is 11.3. The van der Waals surface area contributed by atoms with Crippen LogP contribution < -0.4 is 5.32 Å². The monoisotopic (exact) mass is 219 g/mol. The number of aliphatic hydroxyl groups is 2. The van der Waals surface area contributed by atoms with E-state index in [0.29, 0.717) is 0 Å². The van der Waals surface area contributed by atoms with E-state index in [2.05, 4.69) is 5.32 Å². The molecule has 15 heavy (non-hydrogen) atoms. The molecule has 0 aromatic carbocycles. The van der Waals surface area contributed by atoms with Crippen molar-refractivity contribution in [2.45, 2.75) is 25.8 Å². The van der Waals surface area contributed by atoms with Crippen LogP contribution in [0.1, 0.15) is 20.3 Å². The van der Waals surface area contributed by atoms with Crippen molar-refractivity contribution in [3.05, 3.63) is 0 Å². The lowest BCUT2D eigenvalue weighted by Gasteiger charge is -2.26. The molecular formula is C9H17NO5. The number of hydrogen-bond donors (Lipinski definition) is 4. The predicted molar refractivity (Wildman–Crippen MR) is 52.1 cm³/mol. The molecule has 0 saturated heterocycles. The molecule has 0 spiro atoms. The molecule has 88 valence electrons. The number of hydrogen-bond acceptors (Lipinski definition) is 4. The van der Waals surface area contributed by atoms with Crippen LogP contribution in [0.5, 0.6) is 0 Å². The zero-order chi connectivity index (χ0) is 12.1. The molecule has 0 aromatic heterocycles. The van der Waals surface area contributed by atoms with Crippen molar-refractivity contribution in [3.8, 4) is 0 Å². The van der Waals surface area contributed by atoms with E-state index in [4.69, 9.17) is 15.3 Å². The highest BCUT2D eigenvalue weighted by Crippen LogP contribution is 2.05. The lowest BCUT2D eigenvalue weighted by Crippen LogP contribution is -2.52. The van der Waals surface area contributed by atoms with Crippen LogP contribution in [0.25, 0.3) is 0 Å². The Morgan fingerprint density at radius 2 is 1.80 bits per heavy atom. The van der Waals surface area contributed by atoms with E-state index in [1.165, 1.54) is 13.8 Å². The largest absolute Gasteiger partial charge is 0.481 e. The Morgan fingerprint density at radius 3 is 2.13 bits per heavy atom. The van der Waals surface area contributed by atoms with Gasteiger partial charge in [-0.3, -0.25) is 9.59 Å². The number of nitrogens with one attached hydrogen (secondary N) is 1. The molecule has 0 bridgehead atoms. The van der Waals surface area contributed by atoms with Crippen LogP contribution in [0.15, 0.2) is 0 Å². The van der Waals surface area contributed by atoms with E-state index in [0.717, 1.165) is 0 Å². The number of carboxylic acid groups (broad SMARTS) is 1. The molecular weight excluding hydrogens is 202 g/mol. The minimum atomic E-state index is -1.10. The second-order valence-corrected chi connectivity index (χ2v) is 3.87. The third-order valence-corrected chi connectivity index (χ3v) is 2.05. The van der Waals surface area contributed by atoms with E-state index < -0.39 is 36.5 Å². The Balaban J connectivity index is 4.19. The van der Waals surface area contributed by atoms with Gasteiger partial charge in [0.05, 0.1) is 24.7 Å². The van der Waals surface area contributed by atoms with Crippen LogP contribution in [-0.2, 0) is 9.59 Å². The first-order valence-electron chi connectivity index (χ1n) is 4.60. The van der Waals surface area contributed by atoms with E-state index in [1.807, 2.05) is 0 Å². The zero-order valence-electron chi connectivity index (χ0n) is 8.86. The van der Waals surface area contributed by atoms with Gasteiger partial charge in [0.2, 0.25) is 5.91 Å². The Bertz CT molecular complexity index is 237. The number of rotatable bonds is 6. The van der Waals surface area contributed by atoms with Crippen molar-refractivity contribution in [2.24, 2.45) is 5.92 Å². The Labute approximate surface area is 87.9 Å². The third-order valence-electron chi connectivity index (χ3n) is 2.05. The Kier molecular flexibility index (Phi) is 5.24. The molecule has 4 N–H and O–H groups in total. The summed E-state index contributed by atoms with van der Waals surface area (Å²) in [6.07, 6.45) is -0.176. The Hall–Kier alpha value is -1.14. The highest BCUT2D eigenvalue weighted by atomic mass is 16.4. The molecule has 6 nitrogen and oxygen atoms in total. The van der Waals surface area contributed by atoms with Crippen molar-refractivity contribution in [3.63, 3.8) is 0 Å². The van der Waals surface area contributed by atoms with Crippen LogP contribution in [0.4, 0.5) is 0 Å². The smallest absolute Gasteiger partial charge is 0.306 e. The Morgan fingerprint density at radius 1 is 1.33 bits per heavy atom. The molecule has 0 aliphatic carbocycles. The molecule has 1 unspecified atom stereocenters. The van der Waals surface area contributed by atoms with Crippen molar-refractivity contribution < 1.29 is 24.9 Å². The lowest BCUT2D eigenvalue weighted by atomic mass is 10.0. The summed E-state index contributed by atoms with van der Waals surface area (Å²) in [5, 5.41) is 28.7. The van der Waals surface area contributed by atoms with Crippen LogP contribution in [0.2, 0.25) is 0 Å². The summed E-state index contributed by atoms with van der Waals surface area (Å²) in [4.78, 5) is 21.8. The summed E-state index contributed by atoms with van der Waals surface area (Å²) in [6.45, 7) is 2.07. The maximum absolute atomic E-state index is 11.3. The highest BCUT2D eigenvalue weighted by molar-refractivity contribution is 5.82. The van der Waals surface area contributed by atoms with Crippen molar-refractivity contribution in [1.29, 1.82) is 0 Å². The van der Waals surface area contributed by atoms with E-state index in [1.54, 1.807) is 0 Å². The van der Waals surface area contributed by atoms with Gasteiger partial charge in [-0.05, 0) is 6.92 Å². The molecule has 0 heterocycles. The number of carboxylic acids is 1. The van der Waals surface area contributed by atoms with Gasteiger partial charge in [-0.2, -0.15) is 0 Å². The second-order valence-electron chi connectivity index (χ2n) is 3.87. The molecule has 0 aromatic rings. The first-order chi connectivity index (χ1) is 6.84. The molecule has 1 amide bonds. The first-order valence-corrected chi connectivity index (χ1v) is 4.60. The average Bonchev–Trinajstić information content (AvgIpc) is 2.17. The summed E-state index contributed by atoms with van der Waals surface area (Å²) in [5.41, 5.74) is -1.10. The first kappa shape index (κ1) is 13.9. The van der Waals surface area contributed by atoms with E-state index in [9.17, 15) is 9.59 Å². The van der Waals surface area contributed by atoms with Crippen LogP contribution >= 0.6 is 0 Å². The van der Waals surface area contributed by atoms with Crippen LogP contribution in [-0.4, -0.2) is 45.9 Å². The minimum Gasteiger partial charge on any atom is -0.481 e. The second kappa shape index (κ2) is 5.67. The fourth-order valence-corrected chi connectivity index (χ4v) is 0.882. The minimum absolute atomic E-state index is 0.176. The molecule has 0 aliphatic rings. The summed E-state index contributed by atoms with van der Waals surface area (Å²) >= 11 is 0. The van der Waals surface area contributed by atoms with Crippen LogP contribution in [0.3, 0.4) is 0 Å². The fourth-order valence-electron chi connectivity index (χ4n) is 0.882. The van der Waals surface area contributed by atoms with Gasteiger partial charge < -0.3 is 20.6 Å². The number of amides is 1. The molecule has 0 radical (unpaired) electrons. The summed E-state index contributed by atoms with van der Waals surface area (Å²) in [6, 6.07) is 0. The zero-order valence-corrected chi connectivity index (χ0v) is 8.86. The number of carbonyl (C=O) groups is 2. The molecule has 0 fully saturated rings. The van der Waals surface area contributed by atoms with Gasteiger partial charge >= 0.3 is 5.97 Å². The maximum Gasteiger partial charge on any atom is 0.306 e. The number of carbonyl (C=O) groups excluding carboxylic acids is 1. The predicted octanol–water partition coefficient (Wildman–Crippen LogP) is -1.04. The van der Waals surface area contributed by atoms with E-state index in [-0.39, 0.29) is 6.42 Å². The van der Waals surface area contributed by atoms with Gasteiger partial charge in [0.1, 0.15) is 0 Å². The molecule has 0 rings (SSSR count).